The first-order chi connectivity index (χ1) is 7.06. The third-order valence-electron chi connectivity index (χ3n) is 1.83. The molecule has 0 radical (unpaired) electrons. The number of carbonyl (C=O) groups excluding carboxylic acids is 1. The van der Waals surface area contributed by atoms with Crippen LogP contribution < -0.4 is 0 Å². The van der Waals surface area contributed by atoms with Crippen LogP contribution in [0.4, 0.5) is 4.39 Å². The monoisotopic (exact) mass is 269 g/mol. The van der Waals surface area contributed by atoms with Crippen molar-refractivity contribution in [1.29, 1.82) is 0 Å². The first kappa shape index (κ1) is 11.7. The lowest BCUT2D eigenvalue weighted by Gasteiger charge is -2.14. The lowest BCUT2D eigenvalue weighted by molar-refractivity contribution is 0.0811. The average Bonchev–Trinajstić information content (AvgIpc) is 2.21. The standard InChI is InChI=1S/C11H9BrFNO/c1-3-6-14(2)11(15)9-7-8(13)4-5-10(9)12/h1,4-5,7H,6H2,2H3. The minimum absolute atomic E-state index is 0.196. The van der Waals surface area contributed by atoms with E-state index in [0.717, 1.165) is 0 Å². The van der Waals surface area contributed by atoms with Gasteiger partial charge in [-0.1, -0.05) is 5.92 Å². The zero-order valence-corrected chi connectivity index (χ0v) is 9.71. The number of halogens is 2. The molecular weight excluding hydrogens is 261 g/mol. The van der Waals surface area contributed by atoms with Gasteiger partial charge in [-0.3, -0.25) is 4.79 Å². The summed E-state index contributed by atoms with van der Waals surface area (Å²) in [7, 11) is 1.57. The second-order valence-electron chi connectivity index (χ2n) is 2.99. The van der Waals surface area contributed by atoms with Gasteiger partial charge in [0.25, 0.3) is 5.91 Å². The maximum atomic E-state index is 12.9. The van der Waals surface area contributed by atoms with Crippen LogP contribution in [0.2, 0.25) is 0 Å². The van der Waals surface area contributed by atoms with Gasteiger partial charge in [-0.05, 0) is 34.1 Å². The number of benzene rings is 1. The van der Waals surface area contributed by atoms with Crippen molar-refractivity contribution in [2.75, 3.05) is 13.6 Å². The van der Waals surface area contributed by atoms with Crippen LogP contribution in [0.3, 0.4) is 0 Å². The summed E-state index contributed by atoms with van der Waals surface area (Å²) >= 11 is 3.18. The molecule has 1 aromatic rings. The number of hydrogen-bond acceptors (Lipinski definition) is 1. The maximum absolute atomic E-state index is 12.9. The van der Waals surface area contributed by atoms with Crippen LogP contribution in [0.15, 0.2) is 22.7 Å². The van der Waals surface area contributed by atoms with Gasteiger partial charge >= 0.3 is 0 Å². The Morgan fingerprint density at radius 3 is 2.93 bits per heavy atom. The average molecular weight is 270 g/mol. The smallest absolute Gasteiger partial charge is 0.255 e. The van der Waals surface area contributed by atoms with Gasteiger partial charge in [0.2, 0.25) is 0 Å². The van der Waals surface area contributed by atoms with Gasteiger partial charge in [-0.2, -0.15) is 0 Å². The summed E-state index contributed by atoms with van der Waals surface area (Å²) in [5.74, 6) is 1.59. The molecule has 0 aliphatic rings. The van der Waals surface area contributed by atoms with Gasteiger partial charge in [-0.15, -0.1) is 6.42 Å². The van der Waals surface area contributed by atoms with Crippen LogP contribution in [0, 0.1) is 18.2 Å². The summed E-state index contributed by atoms with van der Waals surface area (Å²) in [5, 5.41) is 0. The third kappa shape index (κ3) is 2.80. The molecule has 0 bridgehead atoms. The maximum Gasteiger partial charge on any atom is 0.255 e. The largest absolute Gasteiger partial charge is 0.331 e. The third-order valence-corrected chi connectivity index (χ3v) is 2.53. The predicted octanol–water partition coefficient (Wildman–Crippen LogP) is 2.29. The Bertz CT molecular complexity index is 425. The molecule has 0 N–H and O–H groups in total. The van der Waals surface area contributed by atoms with Crippen molar-refractivity contribution in [3.05, 3.63) is 34.1 Å². The molecule has 78 valence electrons. The fraction of sp³-hybridized carbons (Fsp3) is 0.182. The van der Waals surface area contributed by atoms with Crippen LogP contribution in [-0.2, 0) is 0 Å². The Morgan fingerprint density at radius 2 is 2.33 bits per heavy atom. The van der Waals surface area contributed by atoms with E-state index in [4.69, 9.17) is 6.42 Å². The fourth-order valence-corrected chi connectivity index (χ4v) is 1.49. The Kier molecular flexibility index (Phi) is 3.87. The Balaban J connectivity index is 3.01. The van der Waals surface area contributed by atoms with Gasteiger partial charge in [0, 0.05) is 11.5 Å². The molecule has 1 amide bonds. The van der Waals surface area contributed by atoms with Crippen LogP contribution >= 0.6 is 15.9 Å². The van der Waals surface area contributed by atoms with Crippen LogP contribution in [-0.4, -0.2) is 24.4 Å². The highest BCUT2D eigenvalue weighted by Crippen LogP contribution is 2.19. The lowest BCUT2D eigenvalue weighted by Crippen LogP contribution is -2.27. The molecule has 2 nitrogen and oxygen atoms in total. The highest BCUT2D eigenvalue weighted by atomic mass is 79.9. The molecule has 0 unspecified atom stereocenters. The summed E-state index contributed by atoms with van der Waals surface area (Å²) in [6, 6.07) is 3.95. The highest BCUT2D eigenvalue weighted by Gasteiger charge is 2.14. The van der Waals surface area contributed by atoms with E-state index in [9.17, 15) is 9.18 Å². The predicted molar refractivity (Wildman–Crippen MR) is 59.9 cm³/mol. The Morgan fingerprint density at radius 1 is 1.67 bits per heavy atom. The second kappa shape index (κ2) is 4.94. The molecule has 0 fully saturated rings. The van der Waals surface area contributed by atoms with Gasteiger partial charge in [0.15, 0.2) is 0 Å². The molecule has 0 spiro atoms. The quantitative estimate of drug-likeness (QED) is 0.755. The van der Waals surface area contributed by atoms with Crippen molar-refractivity contribution in [2.24, 2.45) is 0 Å². The molecule has 1 rings (SSSR count). The number of amides is 1. The number of carbonyl (C=O) groups is 1. The van der Waals surface area contributed by atoms with Crippen LogP contribution in [0.25, 0.3) is 0 Å². The van der Waals surface area contributed by atoms with Crippen molar-refractivity contribution < 1.29 is 9.18 Å². The van der Waals surface area contributed by atoms with Gasteiger partial charge in [0.05, 0.1) is 12.1 Å². The molecule has 4 heteroatoms. The first-order valence-electron chi connectivity index (χ1n) is 4.20. The Labute approximate surface area is 96.2 Å². The van der Waals surface area contributed by atoms with E-state index in [1.807, 2.05) is 0 Å². The summed E-state index contributed by atoms with van der Waals surface area (Å²) in [6.45, 7) is 0.196. The number of nitrogens with zero attached hydrogens (tertiary/aromatic N) is 1. The molecule has 15 heavy (non-hydrogen) atoms. The molecule has 0 saturated carbocycles. The number of rotatable bonds is 2. The molecule has 0 heterocycles. The zero-order chi connectivity index (χ0) is 11.4. The van der Waals surface area contributed by atoms with Gasteiger partial charge < -0.3 is 4.90 Å². The van der Waals surface area contributed by atoms with Crippen molar-refractivity contribution in [3.8, 4) is 12.3 Å². The SMILES string of the molecule is C#CCN(C)C(=O)c1cc(F)ccc1Br. The van der Waals surface area contributed by atoms with Gasteiger partial charge in [-0.25, -0.2) is 4.39 Å². The minimum atomic E-state index is -0.448. The van der Waals surface area contributed by atoms with Crippen molar-refractivity contribution in [1.82, 2.24) is 4.90 Å². The van der Waals surface area contributed by atoms with Crippen molar-refractivity contribution in [3.63, 3.8) is 0 Å². The zero-order valence-electron chi connectivity index (χ0n) is 8.13. The van der Waals surface area contributed by atoms with Gasteiger partial charge in [0.1, 0.15) is 5.82 Å². The van der Waals surface area contributed by atoms with E-state index in [-0.39, 0.29) is 18.0 Å². The molecular formula is C11H9BrFNO. The van der Waals surface area contributed by atoms with E-state index >= 15 is 0 Å². The van der Waals surface area contributed by atoms with Crippen molar-refractivity contribution >= 4 is 21.8 Å². The second-order valence-corrected chi connectivity index (χ2v) is 3.84. The molecule has 0 aliphatic carbocycles. The fourth-order valence-electron chi connectivity index (χ4n) is 1.08. The van der Waals surface area contributed by atoms with E-state index in [1.165, 1.54) is 23.1 Å². The van der Waals surface area contributed by atoms with Crippen molar-refractivity contribution in [2.45, 2.75) is 0 Å². The molecule has 0 saturated heterocycles. The van der Waals surface area contributed by atoms with E-state index < -0.39 is 5.82 Å². The molecule has 0 aliphatic heterocycles. The summed E-state index contributed by atoms with van der Waals surface area (Å²) in [6.07, 6.45) is 5.08. The van der Waals surface area contributed by atoms with E-state index in [2.05, 4.69) is 21.9 Å². The summed E-state index contributed by atoms with van der Waals surface area (Å²) in [5.41, 5.74) is 0.271. The lowest BCUT2D eigenvalue weighted by atomic mass is 10.2. The molecule has 0 aromatic heterocycles. The van der Waals surface area contributed by atoms with E-state index in [0.29, 0.717) is 4.47 Å². The number of hydrogen-bond donors (Lipinski definition) is 0. The Hall–Kier alpha value is -1.34. The van der Waals surface area contributed by atoms with Crippen LogP contribution in [0.5, 0.6) is 0 Å². The first-order valence-corrected chi connectivity index (χ1v) is 4.99. The summed E-state index contributed by atoms with van der Waals surface area (Å²) < 4.78 is 13.5. The minimum Gasteiger partial charge on any atom is -0.331 e. The van der Waals surface area contributed by atoms with Crippen LogP contribution in [0.1, 0.15) is 10.4 Å². The normalized spacial score (nSPS) is 9.47. The summed E-state index contributed by atoms with van der Waals surface area (Å²) in [4.78, 5) is 13.1. The highest BCUT2D eigenvalue weighted by molar-refractivity contribution is 9.10. The topological polar surface area (TPSA) is 20.3 Å². The molecule has 1 aromatic carbocycles. The number of terminal acetylenes is 1. The molecule has 0 atom stereocenters. The van der Waals surface area contributed by atoms with E-state index in [1.54, 1.807) is 7.05 Å².